The highest BCUT2D eigenvalue weighted by molar-refractivity contribution is 5.75. The van der Waals surface area contributed by atoms with Crippen LogP contribution in [0.15, 0.2) is 24.3 Å². The van der Waals surface area contributed by atoms with E-state index in [0.717, 1.165) is 80.0 Å². The maximum absolute atomic E-state index is 12.5. The Balaban J connectivity index is 0.000000188. The maximum Gasteiger partial charge on any atom is 0.314 e. The topological polar surface area (TPSA) is 52.6 Å². The van der Waals surface area contributed by atoms with Gasteiger partial charge >= 0.3 is 11.9 Å². The van der Waals surface area contributed by atoms with Crippen LogP contribution in [0.5, 0.6) is 5.75 Å². The van der Waals surface area contributed by atoms with Gasteiger partial charge < -0.3 is 9.47 Å². The molecule has 1 aromatic carbocycles. The Labute approximate surface area is 294 Å². The molecule has 0 N–H and O–H groups in total. The maximum atomic E-state index is 12.5. The molecule has 48 heavy (non-hydrogen) atoms. The SMILES string of the molecule is CC1CCC(CC2CCC(C(=O)OC3CCC(C)CC3)CC2)CC1.Cc1ccc(OC(=O)C2CCC(CC3CCC(C)CC3)CC2)cc1. The lowest BCUT2D eigenvalue weighted by Gasteiger charge is -2.33. The average molecular weight is 663 g/mol. The van der Waals surface area contributed by atoms with Gasteiger partial charge in [0.15, 0.2) is 0 Å². The van der Waals surface area contributed by atoms with Gasteiger partial charge in [-0.15, -0.1) is 0 Å². The number of hydrogen-bond acceptors (Lipinski definition) is 4. The Bertz CT molecular complexity index is 1070. The third kappa shape index (κ3) is 12.2. The fraction of sp³-hybridized carbons (Fsp3) is 0.818. The third-order valence-corrected chi connectivity index (χ3v) is 13.4. The van der Waals surface area contributed by atoms with E-state index in [1.165, 1.54) is 108 Å². The Morgan fingerprint density at radius 2 is 0.854 bits per heavy atom. The average Bonchev–Trinajstić information content (AvgIpc) is 3.10. The van der Waals surface area contributed by atoms with Crippen LogP contribution in [0, 0.1) is 60.2 Å². The molecule has 5 aliphatic carbocycles. The molecule has 0 aromatic heterocycles. The second-order valence-electron chi connectivity index (χ2n) is 17.7. The molecule has 0 unspecified atom stereocenters. The number of carbonyl (C=O) groups is 2. The van der Waals surface area contributed by atoms with E-state index in [0.29, 0.717) is 5.75 Å². The highest BCUT2D eigenvalue weighted by Crippen LogP contribution is 2.40. The smallest absolute Gasteiger partial charge is 0.314 e. The first kappa shape index (κ1) is 37.4. The molecule has 0 radical (unpaired) electrons. The molecule has 5 saturated carbocycles. The van der Waals surface area contributed by atoms with Crippen molar-refractivity contribution in [2.75, 3.05) is 0 Å². The second-order valence-corrected chi connectivity index (χ2v) is 17.7. The molecule has 0 saturated heterocycles. The van der Waals surface area contributed by atoms with E-state index in [2.05, 4.69) is 20.8 Å². The minimum Gasteiger partial charge on any atom is -0.462 e. The van der Waals surface area contributed by atoms with E-state index in [4.69, 9.17) is 9.47 Å². The first-order valence-corrected chi connectivity index (χ1v) is 20.7. The lowest BCUT2D eigenvalue weighted by Crippen LogP contribution is -2.30. The zero-order valence-electron chi connectivity index (χ0n) is 31.3. The van der Waals surface area contributed by atoms with Crippen molar-refractivity contribution in [3.63, 3.8) is 0 Å². The fourth-order valence-corrected chi connectivity index (χ4v) is 9.75. The van der Waals surface area contributed by atoms with Crippen molar-refractivity contribution in [1.82, 2.24) is 0 Å². The molecule has 4 heteroatoms. The second kappa shape index (κ2) is 19.0. The number of ether oxygens (including phenoxy) is 2. The van der Waals surface area contributed by atoms with Gasteiger partial charge in [-0.3, -0.25) is 9.59 Å². The van der Waals surface area contributed by atoms with Crippen molar-refractivity contribution < 1.29 is 19.1 Å². The van der Waals surface area contributed by atoms with Crippen LogP contribution < -0.4 is 4.74 Å². The molecule has 0 amide bonds. The van der Waals surface area contributed by atoms with Crippen LogP contribution in [-0.4, -0.2) is 18.0 Å². The summed E-state index contributed by atoms with van der Waals surface area (Å²) >= 11 is 0. The van der Waals surface area contributed by atoms with Gasteiger partial charge in [-0.05, 0) is 150 Å². The lowest BCUT2D eigenvalue weighted by atomic mass is 9.73. The van der Waals surface area contributed by atoms with Gasteiger partial charge in [0.25, 0.3) is 0 Å². The van der Waals surface area contributed by atoms with Crippen molar-refractivity contribution in [1.29, 1.82) is 0 Å². The van der Waals surface area contributed by atoms with Gasteiger partial charge in [0, 0.05) is 0 Å². The first-order chi connectivity index (χ1) is 23.2. The zero-order valence-corrected chi connectivity index (χ0v) is 31.3. The molecule has 0 heterocycles. The summed E-state index contributed by atoms with van der Waals surface area (Å²) in [6.45, 7) is 9.15. The number of rotatable bonds is 8. The Morgan fingerprint density at radius 3 is 1.27 bits per heavy atom. The summed E-state index contributed by atoms with van der Waals surface area (Å²) in [4.78, 5) is 24.8. The molecule has 5 aliphatic rings. The van der Waals surface area contributed by atoms with Crippen LogP contribution in [0.3, 0.4) is 0 Å². The van der Waals surface area contributed by atoms with Crippen LogP contribution in [0.2, 0.25) is 0 Å². The first-order valence-electron chi connectivity index (χ1n) is 20.7. The van der Waals surface area contributed by atoms with Crippen LogP contribution in [-0.2, 0) is 14.3 Å². The fourth-order valence-electron chi connectivity index (χ4n) is 9.75. The summed E-state index contributed by atoms with van der Waals surface area (Å²) in [5.41, 5.74) is 1.19. The van der Waals surface area contributed by atoms with Crippen LogP contribution >= 0.6 is 0 Å². The highest BCUT2D eigenvalue weighted by Gasteiger charge is 2.32. The summed E-state index contributed by atoms with van der Waals surface area (Å²) in [5.74, 6) is 7.44. The van der Waals surface area contributed by atoms with Gasteiger partial charge in [-0.25, -0.2) is 0 Å². The van der Waals surface area contributed by atoms with Gasteiger partial charge in [-0.2, -0.15) is 0 Å². The molecule has 0 bridgehead atoms. The Kier molecular flexibility index (Phi) is 14.8. The predicted octanol–water partition coefficient (Wildman–Crippen LogP) is 12.1. The zero-order chi connectivity index (χ0) is 33.9. The lowest BCUT2D eigenvalue weighted by molar-refractivity contribution is -0.157. The number of esters is 2. The molecule has 0 spiro atoms. The molecule has 270 valence electrons. The Morgan fingerprint density at radius 1 is 0.500 bits per heavy atom. The van der Waals surface area contributed by atoms with E-state index >= 15 is 0 Å². The molecule has 0 aliphatic heterocycles. The highest BCUT2D eigenvalue weighted by atomic mass is 16.5. The predicted molar refractivity (Wildman–Crippen MR) is 197 cm³/mol. The number of hydrogen-bond donors (Lipinski definition) is 0. The van der Waals surface area contributed by atoms with Crippen molar-refractivity contribution in [3.8, 4) is 5.75 Å². The van der Waals surface area contributed by atoms with Gasteiger partial charge in [0.05, 0.1) is 11.8 Å². The molecular weight excluding hydrogens is 592 g/mol. The minimum atomic E-state index is -0.0243. The van der Waals surface area contributed by atoms with E-state index in [9.17, 15) is 9.59 Å². The monoisotopic (exact) mass is 663 g/mol. The number of benzene rings is 1. The van der Waals surface area contributed by atoms with Crippen molar-refractivity contribution in [3.05, 3.63) is 29.8 Å². The van der Waals surface area contributed by atoms with E-state index in [1.807, 2.05) is 31.2 Å². The number of aryl methyl sites for hydroxylation is 1. The summed E-state index contributed by atoms with van der Waals surface area (Å²) in [5, 5.41) is 0. The van der Waals surface area contributed by atoms with Crippen LogP contribution in [0.25, 0.3) is 0 Å². The van der Waals surface area contributed by atoms with E-state index in [-0.39, 0.29) is 29.9 Å². The van der Waals surface area contributed by atoms with Crippen molar-refractivity contribution in [2.45, 2.75) is 175 Å². The van der Waals surface area contributed by atoms with Crippen molar-refractivity contribution in [2.24, 2.45) is 53.3 Å². The standard InChI is InChI=1S/C22H38O2.C22H32O2/c2*1-16-3-7-18(8-4-16)15-19-9-11-20(12-10-19)22(23)24-21-13-5-17(2)6-14-21/h16-21H,3-15H2,1-2H3;5-6,13-14,16,18-20H,3-4,7-12,15H2,1-2H3. The normalized spacial score (nSPS) is 35.8. The van der Waals surface area contributed by atoms with Gasteiger partial charge in [0.2, 0.25) is 0 Å². The summed E-state index contributed by atoms with van der Waals surface area (Å²) < 4.78 is 11.4. The van der Waals surface area contributed by atoms with Crippen molar-refractivity contribution >= 4 is 11.9 Å². The quantitative estimate of drug-likeness (QED) is 0.205. The molecule has 4 nitrogen and oxygen atoms in total. The van der Waals surface area contributed by atoms with Gasteiger partial charge in [-0.1, -0.05) is 89.8 Å². The molecule has 5 fully saturated rings. The van der Waals surface area contributed by atoms with E-state index in [1.54, 1.807) is 0 Å². The molecular formula is C44H70O4. The number of carbonyl (C=O) groups excluding carboxylic acids is 2. The van der Waals surface area contributed by atoms with Gasteiger partial charge in [0.1, 0.15) is 11.9 Å². The molecule has 6 rings (SSSR count). The van der Waals surface area contributed by atoms with E-state index < -0.39 is 0 Å². The summed E-state index contributed by atoms with van der Waals surface area (Å²) in [6.07, 6.45) is 28.2. The summed E-state index contributed by atoms with van der Waals surface area (Å²) in [6, 6.07) is 7.76. The molecule has 1 aromatic rings. The minimum absolute atomic E-state index is 0.0243. The Hall–Kier alpha value is -1.84. The summed E-state index contributed by atoms with van der Waals surface area (Å²) in [7, 11) is 0. The third-order valence-electron chi connectivity index (χ3n) is 13.4. The molecule has 0 atom stereocenters. The van der Waals surface area contributed by atoms with Crippen LogP contribution in [0.4, 0.5) is 0 Å². The largest absolute Gasteiger partial charge is 0.462 e. The van der Waals surface area contributed by atoms with Crippen LogP contribution in [0.1, 0.15) is 168 Å².